The van der Waals surface area contributed by atoms with Gasteiger partial charge in [-0.15, -0.1) is 0 Å². The minimum Gasteiger partial charge on any atom is -0.316 e. The Morgan fingerprint density at radius 2 is 2.06 bits per heavy atom. The van der Waals surface area contributed by atoms with Crippen LogP contribution < -0.4 is 5.32 Å². The van der Waals surface area contributed by atoms with Crippen LogP contribution in [0.1, 0.15) is 11.1 Å². The molecule has 2 saturated heterocycles. The van der Waals surface area contributed by atoms with Crippen molar-refractivity contribution in [3.05, 3.63) is 35.1 Å². The summed E-state index contributed by atoms with van der Waals surface area (Å²) < 4.78 is 13.1. The van der Waals surface area contributed by atoms with Crippen LogP contribution in [0.5, 0.6) is 0 Å². The van der Waals surface area contributed by atoms with E-state index in [4.69, 9.17) is 5.26 Å². The van der Waals surface area contributed by atoms with E-state index in [1.807, 2.05) is 0 Å². The standard InChI is InChI=1S/C14H16FN3/c15-14-2-1-10(11(3-14)4-16)7-18-8-12-5-17-6-13(12)9-18/h1-3,12-13,17H,5-9H2. The van der Waals surface area contributed by atoms with E-state index >= 15 is 0 Å². The molecule has 2 aliphatic heterocycles. The van der Waals surface area contributed by atoms with Gasteiger partial charge in [0.15, 0.2) is 0 Å². The minimum absolute atomic E-state index is 0.335. The predicted molar refractivity (Wildman–Crippen MR) is 66.2 cm³/mol. The summed E-state index contributed by atoms with van der Waals surface area (Å²) in [5.41, 5.74) is 1.40. The summed E-state index contributed by atoms with van der Waals surface area (Å²) in [4.78, 5) is 2.38. The number of hydrogen-bond donors (Lipinski definition) is 1. The fourth-order valence-corrected chi connectivity index (χ4v) is 3.11. The number of halogens is 1. The summed E-state index contributed by atoms with van der Waals surface area (Å²) in [6.07, 6.45) is 0. The summed E-state index contributed by atoms with van der Waals surface area (Å²) in [6.45, 7) is 5.14. The number of nitrogens with zero attached hydrogens (tertiary/aromatic N) is 2. The first-order valence-electron chi connectivity index (χ1n) is 6.38. The van der Waals surface area contributed by atoms with Gasteiger partial charge in [-0.05, 0) is 42.6 Å². The third-order valence-electron chi connectivity index (χ3n) is 4.05. The van der Waals surface area contributed by atoms with Crippen LogP contribution in [0.25, 0.3) is 0 Å². The average Bonchev–Trinajstić information content (AvgIpc) is 2.92. The Morgan fingerprint density at radius 1 is 1.33 bits per heavy atom. The molecular formula is C14H16FN3. The van der Waals surface area contributed by atoms with Gasteiger partial charge in [0.2, 0.25) is 0 Å². The monoisotopic (exact) mass is 245 g/mol. The van der Waals surface area contributed by atoms with Gasteiger partial charge in [0.05, 0.1) is 11.6 Å². The molecule has 0 aromatic heterocycles. The quantitative estimate of drug-likeness (QED) is 0.855. The van der Waals surface area contributed by atoms with Gasteiger partial charge in [-0.25, -0.2) is 4.39 Å². The Kier molecular flexibility index (Phi) is 3.02. The van der Waals surface area contributed by atoms with Crippen molar-refractivity contribution in [2.24, 2.45) is 11.8 Å². The van der Waals surface area contributed by atoms with E-state index in [0.29, 0.717) is 5.56 Å². The molecule has 1 aromatic carbocycles. The van der Waals surface area contributed by atoms with Crippen molar-refractivity contribution in [3.63, 3.8) is 0 Å². The molecule has 2 heterocycles. The lowest BCUT2D eigenvalue weighted by Gasteiger charge is -2.17. The van der Waals surface area contributed by atoms with Gasteiger partial charge in [-0.1, -0.05) is 6.07 Å². The molecule has 0 spiro atoms. The zero-order valence-corrected chi connectivity index (χ0v) is 10.2. The molecule has 1 N–H and O–H groups in total. The number of likely N-dealkylation sites (tertiary alicyclic amines) is 1. The van der Waals surface area contributed by atoms with Crippen LogP contribution in [-0.2, 0) is 6.54 Å². The van der Waals surface area contributed by atoms with E-state index in [9.17, 15) is 4.39 Å². The summed E-state index contributed by atoms with van der Waals surface area (Å²) in [6, 6.07) is 6.58. The van der Waals surface area contributed by atoms with Gasteiger partial charge in [0.1, 0.15) is 5.82 Å². The van der Waals surface area contributed by atoms with Crippen LogP contribution in [0.3, 0.4) is 0 Å². The first kappa shape index (κ1) is 11.6. The number of fused-ring (bicyclic) bond motifs is 1. The topological polar surface area (TPSA) is 39.1 Å². The van der Waals surface area contributed by atoms with Crippen molar-refractivity contribution >= 4 is 0 Å². The third-order valence-corrected chi connectivity index (χ3v) is 4.05. The van der Waals surface area contributed by atoms with Crippen molar-refractivity contribution in [2.75, 3.05) is 26.2 Å². The van der Waals surface area contributed by atoms with Crippen LogP contribution in [0.2, 0.25) is 0 Å². The summed E-state index contributed by atoms with van der Waals surface area (Å²) in [7, 11) is 0. The maximum absolute atomic E-state index is 13.1. The normalized spacial score (nSPS) is 27.1. The SMILES string of the molecule is N#Cc1cc(F)ccc1CN1CC2CNCC2C1. The summed E-state index contributed by atoms with van der Waals surface area (Å²) in [5, 5.41) is 12.4. The van der Waals surface area contributed by atoms with Crippen molar-refractivity contribution < 1.29 is 4.39 Å². The highest BCUT2D eigenvalue weighted by atomic mass is 19.1. The molecule has 3 nitrogen and oxygen atoms in total. The molecule has 2 atom stereocenters. The molecule has 18 heavy (non-hydrogen) atoms. The smallest absolute Gasteiger partial charge is 0.124 e. The molecule has 94 valence electrons. The molecule has 0 saturated carbocycles. The second-order valence-electron chi connectivity index (χ2n) is 5.29. The van der Waals surface area contributed by atoms with Gasteiger partial charge in [0.25, 0.3) is 0 Å². The Bertz CT molecular complexity index is 482. The Hall–Kier alpha value is -1.44. The van der Waals surface area contributed by atoms with Crippen molar-refractivity contribution in [2.45, 2.75) is 6.54 Å². The highest BCUT2D eigenvalue weighted by molar-refractivity contribution is 5.37. The largest absolute Gasteiger partial charge is 0.316 e. The number of hydrogen-bond acceptors (Lipinski definition) is 3. The average molecular weight is 245 g/mol. The maximum Gasteiger partial charge on any atom is 0.124 e. The highest BCUT2D eigenvalue weighted by Crippen LogP contribution is 2.27. The van der Waals surface area contributed by atoms with Gasteiger partial charge >= 0.3 is 0 Å². The fraction of sp³-hybridized carbons (Fsp3) is 0.500. The number of nitrogens with one attached hydrogen (secondary N) is 1. The molecule has 4 heteroatoms. The molecular weight excluding hydrogens is 229 g/mol. The molecule has 0 amide bonds. The second-order valence-corrected chi connectivity index (χ2v) is 5.29. The zero-order valence-electron chi connectivity index (χ0n) is 10.2. The van der Waals surface area contributed by atoms with Crippen LogP contribution in [0.4, 0.5) is 4.39 Å². The van der Waals surface area contributed by atoms with Crippen molar-refractivity contribution in [3.8, 4) is 6.07 Å². The molecule has 3 rings (SSSR count). The van der Waals surface area contributed by atoms with Gasteiger partial charge < -0.3 is 5.32 Å². The van der Waals surface area contributed by atoms with E-state index in [-0.39, 0.29) is 5.82 Å². The minimum atomic E-state index is -0.335. The molecule has 2 unspecified atom stereocenters. The number of benzene rings is 1. The first-order valence-corrected chi connectivity index (χ1v) is 6.38. The lowest BCUT2D eigenvalue weighted by molar-refractivity contribution is 0.305. The molecule has 0 radical (unpaired) electrons. The fourth-order valence-electron chi connectivity index (χ4n) is 3.11. The van der Waals surface area contributed by atoms with E-state index in [1.54, 1.807) is 6.07 Å². The highest BCUT2D eigenvalue weighted by Gasteiger charge is 2.35. The predicted octanol–water partition coefficient (Wildman–Crippen LogP) is 1.35. The van der Waals surface area contributed by atoms with Crippen molar-refractivity contribution in [1.29, 1.82) is 5.26 Å². The molecule has 0 aliphatic carbocycles. The van der Waals surface area contributed by atoms with E-state index in [2.05, 4.69) is 16.3 Å². The molecule has 0 bridgehead atoms. The Balaban J connectivity index is 1.72. The van der Waals surface area contributed by atoms with Crippen LogP contribution >= 0.6 is 0 Å². The van der Waals surface area contributed by atoms with Crippen LogP contribution in [-0.4, -0.2) is 31.1 Å². The third kappa shape index (κ3) is 2.12. The van der Waals surface area contributed by atoms with Crippen molar-refractivity contribution in [1.82, 2.24) is 10.2 Å². The second kappa shape index (κ2) is 4.68. The molecule has 1 aromatic rings. The van der Waals surface area contributed by atoms with E-state index < -0.39 is 0 Å². The van der Waals surface area contributed by atoms with Gasteiger partial charge in [0, 0.05) is 19.6 Å². The first-order chi connectivity index (χ1) is 8.76. The zero-order chi connectivity index (χ0) is 12.5. The lowest BCUT2D eigenvalue weighted by atomic mass is 10.0. The van der Waals surface area contributed by atoms with Gasteiger partial charge in [-0.2, -0.15) is 5.26 Å². The van der Waals surface area contributed by atoms with E-state index in [0.717, 1.165) is 50.1 Å². The van der Waals surface area contributed by atoms with Gasteiger partial charge in [-0.3, -0.25) is 4.90 Å². The van der Waals surface area contributed by atoms with Crippen LogP contribution in [0, 0.1) is 29.0 Å². The number of rotatable bonds is 2. The molecule has 2 fully saturated rings. The Labute approximate surface area is 106 Å². The molecule has 2 aliphatic rings. The summed E-state index contributed by atoms with van der Waals surface area (Å²) >= 11 is 0. The lowest BCUT2D eigenvalue weighted by Crippen LogP contribution is -2.25. The van der Waals surface area contributed by atoms with Crippen LogP contribution in [0.15, 0.2) is 18.2 Å². The Morgan fingerprint density at radius 3 is 2.72 bits per heavy atom. The number of nitriles is 1. The summed E-state index contributed by atoms with van der Waals surface area (Å²) in [5.74, 6) is 1.16. The maximum atomic E-state index is 13.1. The van der Waals surface area contributed by atoms with E-state index in [1.165, 1.54) is 12.1 Å².